The minimum absolute atomic E-state index is 0.244. The van der Waals surface area contributed by atoms with Gasteiger partial charge < -0.3 is 10.2 Å². The van der Waals surface area contributed by atoms with Crippen molar-refractivity contribution in [2.45, 2.75) is 51.5 Å². The summed E-state index contributed by atoms with van der Waals surface area (Å²) in [6.45, 7) is 4.20. The van der Waals surface area contributed by atoms with E-state index in [1.807, 2.05) is 6.92 Å². The summed E-state index contributed by atoms with van der Waals surface area (Å²) >= 11 is 0. The molecular weight excluding hydrogens is 334 g/mol. The summed E-state index contributed by atoms with van der Waals surface area (Å²) in [7, 11) is 1.77. The molecule has 1 aromatic heterocycles. The number of rotatable bonds is 5. The lowest BCUT2D eigenvalue weighted by molar-refractivity contribution is -0.135. The van der Waals surface area contributed by atoms with Gasteiger partial charge in [0.25, 0.3) is 5.91 Å². The highest BCUT2D eigenvalue weighted by Gasteiger charge is 2.52. The fraction of sp³-hybridized carbons (Fsp3) is 0.667. The molecule has 0 atom stereocenters. The zero-order chi connectivity index (χ0) is 18.9. The summed E-state index contributed by atoms with van der Waals surface area (Å²) in [5.74, 6) is 0.0677. The predicted molar refractivity (Wildman–Crippen MR) is 96.5 cm³/mol. The molecule has 3 rings (SSSR count). The largest absolute Gasteiger partial charge is 0.325 e. The number of aromatic nitrogens is 2. The molecule has 0 radical (unpaired) electrons. The van der Waals surface area contributed by atoms with Crippen LogP contribution in [0.3, 0.4) is 0 Å². The Hall–Kier alpha value is -2.38. The first-order valence-electron chi connectivity index (χ1n) is 9.33. The maximum Gasteiger partial charge on any atom is 0.325 e. The topological polar surface area (TPSA) is 87.5 Å². The number of aryl methyl sites for hydroxylation is 1. The van der Waals surface area contributed by atoms with Gasteiger partial charge in [0.2, 0.25) is 5.91 Å². The normalized spacial score (nSPS) is 25.7. The van der Waals surface area contributed by atoms with E-state index in [2.05, 4.69) is 17.3 Å². The van der Waals surface area contributed by atoms with Crippen LogP contribution in [0.25, 0.3) is 0 Å². The second kappa shape index (κ2) is 7.09. The van der Waals surface area contributed by atoms with Gasteiger partial charge in [-0.15, -0.1) is 0 Å². The van der Waals surface area contributed by atoms with Crippen molar-refractivity contribution in [2.24, 2.45) is 13.0 Å². The highest BCUT2D eigenvalue weighted by atomic mass is 16.2. The molecule has 1 aromatic rings. The first-order chi connectivity index (χ1) is 12.4. The van der Waals surface area contributed by atoms with Crippen LogP contribution in [0.5, 0.6) is 0 Å². The highest BCUT2D eigenvalue weighted by molar-refractivity contribution is 6.10. The molecule has 8 heteroatoms. The van der Waals surface area contributed by atoms with Crippen molar-refractivity contribution in [3.8, 4) is 0 Å². The summed E-state index contributed by atoms with van der Waals surface area (Å²) in [5, 5.41) is 6.95. The van der Waals surface area contributed by atoms with E-state index < -0.39 is 11.6 Å². The number of imide groups is 1. The quantitative estimate of drug-likeness (QED) is 0.808. The Kier molecular flexibility index (Phi) is 5.02. The fourth-order valence-electron chi connectivity index (χ4n) is 4.01. The standard InChI is InChI=1S/C18H27N5O3/c1-4-13-6-8-18(9-7-13)16(25)23(17(26)20-18)12-15(24)22(5-2)14-10-19-21(3)11-14/h10-11,13H,4-9,12H2,1-3H3,(H,20,26). The van der Waals surface area contributed by atoms with Crippen LogP contribution in [0.1, 0.15) is 46.0 Å². The molecule has 1 saturated carbocycles. The van der Waals surface area contributed by atoms with E-state index in [4.69, 9.17) is 0 Å². The number of amides is 4. The van der Waals surface area contributed by atoms with E-state index in [1.54, 1.807) is 24.1 Å². The van der Waals surface area contributed by atoms with E-state index in [0.29, 0.717) is 31.0 Å². The molecule has 0 bridgehead atoms. The molecule has 1 saturated heterocycles. The Morgan fingerprint density at radius 2 is 2.04 bits per heavy atom. The van der Waals surface area contributed by atoms with Crippen molar-refractivity contribution >= 4 is 23.5 Å². The van der Waals surface area contributed by atoms with Gasteiger partial charge in [-0.1, -0.05) is 13.3 Å². The van der Waals surface area contributed by atoms with Crippen molar-refractivity contribution in [3.63, 3.8) is 0 Å². The smallest absolute Gasteiger partial charge is 0.323 e. The summed E-state index contributed by atoms with van der Waals surface area (Å²) < 4.78 is 1.61. The zero-order valence-corrected chi connectivity index (χ0v) is 15.7. The molecule has 2 fully saturated rings. The van der Waals surface area contributed by atoms with E-state index in [-0.39, 0.29) is 18.4 Å². The summed E-state index contributed by atoms with van der Waals surface area (Å²) in [5.41, 5.74) is -0.154. The van der Waals surface area contributed by atoms with Crippen LogP contribution in [0, 0.1) is 5.92 Å². The number of carbonyl (C=O) groups excluding carboxylic acids is 3. The van der Waals surface area contributed by atoms with Crippen LogP contribution in [0.15, 0.2) is 12.4 Å². The summed E-state index contributed by atoms with van der Waals surface area (Å²) in [4.78, 5) is 40.7. The van der Waals surface area contributed by atoms with Gasteiger partial charge in [0.05, 0.1) is 11.9 Å². The van der Waals surface area contributed by atoms with Crippen molar-refractivity contribution in [2.75, 3.05) is 18.0 Å². The molecule has 0 unspecified atom stereocenters. The van der Waals surface area contributed by atoms with Crippen molar-refractivity contribution < 1.29 is 14.4 Å². The molecule has 26 heavy (non-hydrogen) atoms. The molecule has 2 aliphatic rings. The van der Waals surface area contributed by atoms with E-state index >= 15 is 0 Å². The number of hydrogen-bond acceptors (Lipinski definition) is 4. The number of carbonyl (C=O) groups is 3. The minimum atomic E-state index is -0.811. The zero-order valence-electron chi connectivity index (χ0n) is 15.7. The van der Waals surface area contributed by atoms with Gasteiger partial charge in [-0.3, -0.25) is 19.2 Å². The third-order valence-corrected chi connectivity index (χ3v) is 5.70. The summed E-state index contributed by atoms with van der Waals surface area (Å²) in [6.07, 6.45) is 7.60. The first-order valence-corrected chi connectivity index (χ1v) is 9.33. The van der Waals surface area contributed by atoms with E-state index in [0.717, 1.165) is 24.2 Å². The number of nitrogens with one attached hydrogen (secondary N) is 1. The monoisotopic (exact) mass is 361 g/mol. The van der Waals surface area contributed by atoms with Crippen molar-refractivity contribution in [3.05, 3.63) is 12.4 Å². The summed E-state index contributed by atoms with van der Waals surface area (Å²) in [6, 6.07) is -0.458. The Morgan fingerprint density at radius 3 is 2.58 bits per heavy atom. The van der Waals surface area contributed by atoms with Gasteiger partial charge >= 0.3 is 6.03 Å². The Balaban J connectivity index is 1.70. The molecule has 0 aromatic carbocycles. The van der Waals surface area contributed by atoms with Gasteiger partial charge in [0.1, 0.15) is 12.1 Å². The molecule has 1 spiro atoms. The van der Waals surface area contributed by atoms with Crippen LogP contribution in [-0.2, 0) is 16.6 Å². The predicted octanol–water partition coefficient (Wildman–Crippen LogP) is 1.66. The molecule has 2 heterocycles. The van der Waals surface area contributed by atoms with Crippen molar-refractivity contribution in [1.29, 1.82) is 0 Å². The third-order valence-electron chi connectivity index (χ3n) is 5.70. The lowest BCUT2D eigenvalue weighted by Gasteiger charge is -2.34. The number of hydrogen-bond donors (Lipinski definition) is 1. The van der Waals surface area contributed by atoms with Crippen LogP contribution in [0.4, 0.5) is 10.5 Å². The number of urea groups is 1. The number of anilines is 1. The molecule has 1 aliphatic carbocycles. The number of likely N-dealkylation sites (N-methyl/N-ethyl adjacent to an activating group) is 1. The second-order valence-corrected chi connectivity index (χ2v) is 7.27. The molecule has 4 amide bonds. The van der Waals surface area contributed by atoms with Gasteiger partial charge in [0, 0.05) is 19.8 Å². The van der Waals surface area contributed by atoms with Gasteiger partial charge in [-0.2, -0.15) is 5.10 Å². The fourth-order valence-corrected chi connectivity index (χ4v) is 4.01. The Bertz CT molecular complexity index is 705. The molecule has 142 valence electrons. The van der Waals surface area contributed by atoms with E-state index in [9.17, 15) is 14.4 Å². The Morgan fingerprint density at radius 1 is 1.35 bits per heavy atom. The van der Waals surface area contributed by atoms with Gasteiger partial charge in [-0.25, -0.2) is 4.79 Å². The maximum atomic E-state index is 12.9. The van der Waals surface area contributed by atoms with Crippen LogP contribution < -0.4 is 10.2 Å². The van der Waals surface area contributed by atoms with Gasteiger partial charge in [-0.05, 0) is 38.5 Å². The lowest BCUT2D eigenvalue weighted by Crippen LogP contribution is -2.50. The van der Waals surface area contributed by atoms with Gasteiger partial charge in [0.15, 0.2) is 0 Å². The average Bonchev–Trinajstić information content (AvgIpc) is 3.14. The molecule has 8 nitrogen and oxygen atoms in total. The minimum Gasteiger partial charge on any atom is -0.323 e. The lowest BCUT2D eigenvalue weighted by atomic mass is 9.75. The van der Waals surface area contributed by atoms with Crippen LogP contribution in [0.2, 0.25) is 0 Å². The second-order valence-electron chi connectivity index (χ2n) is 7.27. The molecule has 1 N–H and O–H groups in total. The highest BCUT2D eigenvalue weighted by Crippen LogP contribution is 2.37. The van der Waals surface area contributed by atoms with Crippen LogP contribution >= 0.6 is 0 Å². The Labute approximate surface area is 153 Å². The van der Waals surface area contributed by atoms with Crippen LogP contribution in [-0.4, -0.2) is 51.2 Å². The maximum absolute atomic E-state index is 12.9. The third kappa shape index (κ3) is 3.20. The van der Waals surface area contributed by atoms with Crippen molar-refractivity contribution in [1.82, 2.24) is 20.0 Å². The van der Waals surface area contributed by atoms with E-state index in [1.165, 1.54) is 4.90 Å². The SMILES string of the molecule is CCC1CCC2(CC1)NC(=O)N(CC(=O)N(CC)c1cnn(C)c1)C2=O. The average molecular weight is 361 g/mol. The molecular formula is C18H27N5O3. The molecule has 1 aliphatic heterocycles. The first kappa shape index (κ1) is 18.4. The number of nitrogens with zero attached hydrogens (tertiary/aromatic N) is 4.